The molecule has 0 aromatic carbocycles. The molecular weight excluding hydrogens is 166 g/mol. The minimum atomic E-state index is 0.188. The Morgan fingerprint density at radius 3 is 2.46 bits per heavy atom. The summed E-state index contributed by atoms with van der Waals surface area (Å²) in [7, 11) is 7.53. The molecule has 1 fully saturated rings. The van der Waals surface area contributed by atoms with Crippen molar-refractivity contribution in [2.24, 2.45) is 0 Å². The van der Waals surface area contributed by atoms with Crippen molar-refractivity contribution in [3.63, 3.8) is 0 Å². The molecule has 4 nitrogen and oxygen atoms in total. The van der Waals surface area contributed by atoms with E-state index >= 15 is 0 Å². The van der Waals surface area contributed by atoms with Crippen LogP contribution in [-0.2, 0) is 4.79 Å². The lowest BCUT2D eigenvalue weighted by molar-refractivity contribution is -0.858. The molecule has 4 heteroatoms. The summed E-state index contributed by atoms with van der Waals surface area (Å²) in [6.07, 6.45) is 0. The molecule has 1 amide bonds. The molecule has 0 unspecified atom stereocenters. The van der Waals surface area contributed by atoms with Crippen molar-refractivity contribution in [2.75, 3.05) is 46.8 Å². The van der Waals surface area contributed by atoms with Gasteiger partial charge in [0.15, 0.2) is 0 Å². The second-order valence-electron chi connectivity index (χ2n) is 3.81. The van der Waals surface area contributed by atoms with Crippen molar-refractivity contribution in [2.45, 2.75) is 0 Å². The molecule has 1 N–H and O–H groups in total. The zero-order valence-corrected chi connectivity index (χ0v) is 8.55. The van der Waals surface area contributed by atoms with Crippen LogP contribution in [0.5, 0.6) is 0 Å². The molecular formula is C9H19N3O. The third-order valence-corrected chi connectivity index (χ3v) is 2.42. The van der Waals surface area contributed by atoms with E-state index in [-0.39, 0.29) is 5.91 Å². The summed E-state index contributed by atoms with van der Waals surface area (Å²) in [4.78, 5) is 16.5. The van der Waals surface area contributed by atoms with Crippen LogP contribution in [0, 0.1) is 7.05 Å². The number of hydrogen-bond acceptors (Lipinski definition) is 2. The van der Waals surface area contributed by atoms with Crippen LogP contribution < -0.4 is 4.90 Å². The lowest BCUT2D eigenvalue weighted by Gasteiger charge is -2.33. The maximum absolute atomic E-state index is 11.4. The summed E-state index contributed by atoms with van der Waals surface area (Å²) >= 11 is 0. The summed E-state index contributed by atoms with van der Waals surface area (Å²) in [6, 6.07) is 0. The molecule has 0 radical (unpaired) electrons. The summed E-state index contributed by atoms with van der Waals surface area (Å²) in [5.74, 6) is 0.188. The van der Waals surface area contributed by atoms with E-state index in [0.717, 1.165) is 26.2 Å². The van der Waals surface area contributed by atoms with E-state index in [9.17, 15) is 4.79 Å². The quantitative estimate of drug-likeness (QED) is 0.507. The number of nitrogens with one attached hydrogen (secondary N) is 1. The van der Waals surface area contributed by atoms with Gasteiger partial charge in [0.05, 0.1) is 19.6 Å². The molecule has 0 spiro atoms. The van der Waals surface area contributed by atoms with Crippen molar-refractivity contribution < 1.29 is 9.69 Å². The van der Waals surface area contributed by atoms with Crippen molar-refractivity contribution in [1.29, 1.82) is 0 Å². The van der Waals surface area contributed by atoms with Gasteiger partial charge in [0, 0.05) is 27.2 Å². The average molecular weight is 185 g/mol. The monoisotopic (exact) mass is 185 g/mol. The molecule has 0 bridgehead atoms. The van der Waals surface area contributed by atoms with Gasteiger partial charge in [-0.3, -0.25) is 9.69 Å². The number of hydrogen-bond donors (Lipinski definition) is 1. The fourth-order valence-corrected chi connectivity index (χ4v) is 1.36. The first-order chi connectivity index (χ1) is 6.09. The molecule has 0 aromatic heterocycles. The highest BCUT2D eigenvalue weighted by Gasteiger charge is 2.17. The average Bonchev–Trinajstić information content (AvgIpc) is 2.08. The van der Waals surface area contributed by atoms with E-state index in [1.807, 2.05) is 0 Å². The van der Waals surface area contributed by atoms with E-state index in [1.54, 1.807) is 19.0 Å². The SMILES string of the molecule is [CH2-][NH+]1CCN(CC(=O)N(C)C)CC1. The number of quaternary nitrogens is 1. The normalized spacial score (nSPS) is 20.2. The summed E-state index contributed by atoms with van der Waals surface area (Å²) in [6.45, 7) is 4.61. The lowest BCUT2D eigenvalue weighted by Crippen LogP contribution is -3.10. The molecule has 0 aromatic rings. The van der Waals surface area contributed by atoms with Gasteiger partial charge in [0.1, 0.15) is 0 Å². The number of nitrogens with zero attached hydrogens (tertiary/aromatic N) is 2. The van der Waals surface area contributed by atoms with Crippen LogP contribution in [0.15, 0.2) is 0 Å². The van der Waals surface area contributed by atoms with Crippen LogP contribution in [0.4, 0.5) is 0 Å². The van der Waals surface area contributed by atoms with Gasteiger partial charge in [0.2, 0.25) is 5.91 Å². The lowest BCUT2D eigenvalue weighted by atomic mass is 10.3. The highest BCUT2D eigenvalue weighted by molar-refractivity contribution is 5.77. The van der Waals surface area contributed by atoms with Crippen LogP contribution in [0.3, 0.4) is 0 Å². The maximum atomic E-state index is 11.4. The van der Waals surface area contributed by atoms with Gasteiger partial charge in [-0.25, -0.2) is 0 Å². The largest absolute Gasteiger partial charge is 0.466 e. The molecule has 0 atom stereocenters. The topological polar surface area (TPSA) is 28.0 Å². The summed E-state index contributed by atoms with van der Waals surface area (Å²) in [5, 5.41) is 0. The van der Waals surface area contributed by atoms with Gasteiger partial charge in [0.25, 0.3) is 0 Å². The number of carbonyl (C=O) groups excluding carboxylic acids is 1. The van der Waals surface area contributed by atoms with Crippen molar-refractivity contribution in [3.8, 4) is 0 Å². The van der Waals surface area contributed by atoms with E-state index in [2.05, 4.69) is 11.9 Å². The smallest absolute Gasteiger partial charge is 0.236 e. The van der Waals surface area contributed by atoms with Crippen LogP contribution in [0.2, 0.25) is 0 Å². The fourth-order valence-electron chi connectivity index (χ4n) is 1.36. The Kier molecular flexibility index (Phi) is 3.69. The Labute approximate surface area is 80.1 Å². The second-order valence-corrected chi connectivity index (χ2v) is 3.81. The van der Waals surface area contributed by atoms with Gasteiger partial charge in [-0.15, -0.1) is 0 Å². The van der Waals surface area contributed by atoms with Crippen LogP contribution in [-0.4, -0.2) is 62.5 Å². The summed E-state index contributed by atoms with van der Waals surface area (Å²) < 4.78 is 0. The first kappa shape index (κ1) is 10.5. The fraction of sp³-hybridized carbons (Fsp3) is 0.778. The molecule has 76 valence electrons. The second kappa shape index (κ2) is 4.58. The molecule has 13 heavy (non-hydrogen) atoms. The van der Waals surface area contributed by atoms with Gasteiger partial charge in [-0.2, -0.15) is 7.05 Å². The summed E-state index contributed by atoms with van der Waals surface area (Å²) in [5.41, 5.74) is 0. The van der Waals surface area contributed by atoms with Gasteiger partial charge >= 0.3 is 0 Å². The minimum Gasteiger partial charge on any atom is -0.466 e. The third-order valence-electron chi connectivity index (χ3n) is 2.42. The number of carbonyl (C=O) groups is 1. The first-order valence-electron chi connectivity index (χ1n) is 4.69. The number of rotatable bonds is 2. The Bertz CT molecular complexity index is 174. The zero-order valence-electron chi connectivity index (χ0n) is 8.55. The van der Waals surface area contributed by atoms with Gasteiger partial charge < -0.3 is 9.80 Å². The molecule has 1 rings (SSSR count). The first-order valence-corrected chi connectivity index (χ1v) is 4.69. The molecule has 1 saturated heterocycles. The van der Waals surface area contributed by atoms with E-state index in [4.69, 9.17) is 0 Å². The number of piperazine rings is 1. The van der Waals surface area contributed by atoms with Crippen molar-refractivity contribution in [1.82, 2.24) is 9.80 Å². The highest BCUT2D eigenvalue weighted by Crippen LogP contribution is 1.90. The zero-order chi connectivity index (χ0) is 9.84. The molecule has 0 saturated carbocycles. The minimum absolute atomic E-state index is 0.188. The number of likely N-dealkylation sites (N-methyl/N-ethyl adjacent to an activating group) is 1. The van der Waals surface area contributed by atoms with Gasteiger partial charge in [-0.05, 0) is 0 Å². The molecule has 1 heterocycles. The Hall–Kier alpha value is -0.610. The van der Waals surface area contributed by atoms with Crippen molar-refractivity contribution in [3.05, 3.63) is 7.05 Å². The predicted octanol–water partition coefficient (Wildman–Crippen LogP) is -1.93. The van der Waals surface area contributed by atoms with Crippen molar-refractivity contribution >= 4 is 5.91 Å². The van der Waals surface area contributed by atoms with Crippen LogP contribution in [0.25, 0.3) is 0 Å². The third kappa shape index (κ3) is 3.32. The Balaban J connectivity index is 2.26. The maximum Gasteiger partial charge on any atom is 0.236 e. The molecule has 1 aliphatic heterocycles. The molecule has 1 aliphatic rings. The van der Waals surface area contributed by atoms with E-state index in [0.29, 0.717) is 6.54 Å². The highest BCUT2D eigenvalue weighted by atomic mass is 16.2. The van der Waals surface area contributed by atoms with E-state index in [1.165, 1.54) is 4.90 Å². The predicted molar refractivity (Wildman–Crippen MR) is 51.2 cm³/mol. The standard InChI is InChI=1S/C9H19N3O/c1-10(2)9(13)8-12-6-4-11(3)5-7-12/h11H,3-8H2,1-2H3. The molecule has 0 aliphatic carbocycles. The van der Waals surface area contributed by atoms with Crippen LogP contribution >= 0.6 is 0 Å². The van der Waals surface area contributed by atoms with Gasteiger partial charge in [-0.1, -0.05) is 0 Å². The van der Waals surface area contributed by atoms with Crippen LogP contribution in [0.1, 0.15) is 0 Å². The number of amides is 1. The van der Waals surface area contributed by atoms with E-state index < -0.39 is 0 Å². The Morgan fingerprint density at radius 1 is 1.46 bits per heavy atom. The Morgan fingerprint density at radius 2 is 2.00 bits per heavy atom.